The Morgan fingerprint density at radius 3 is 2.41 bits per heavy atom. The lowest BCUT2D eigenvalue weighted by Crippen LogP contribution is -2.48. The third-order valence-corrected chi connectivity index (χ3v) is 6.22. The quantitative estimate of drug-likeness (QED) is 0.428. The number of aromatic nitrogens is 3. The molecule has 1 aliphatic heterocycles. The zero-order chi connectivity index (χ0) is 23.5. The Bertz CT molecular complexity index is 1260. The van der Waals surface area contributed by atoms with Crippen molar-refractivity contribution >= 4 is 5.91 Å². The molecule has 5 rings (SSSR count). The first-order valence-corrected chi connectivity index (χ1v) is 11.6. The molecule has 0 atom stereocenters. The fourth-order valence-corrected chi connectivity index (χ4v) is 4.20. The highest BCUT2D eigenvalue weighted by Gasteiger charge is 2.25. The monoisotopic (exact) mass is 457 g/mol. The van der Waals surface area contributed by atoms with Crippen LogP contribution in [-0.2, 0) is 13.0 Å². The van der Waals surface area contributed by atoms with Crippen molar-refractivity contribution in [1.29, 1.82) is 0 Å². The number of nitrogens with zero attached hydrogens (tertiary/aromatic N) is 5. The number of benzene rings is 2. The smallest absolute Gasteiger partial charge is 0.253 e. The molecule has 1 aliphatic rings. The van der Waals surface area contributed by atoms with Crippen molar-refractivity contribution < 1.29 is 13.7 Å². The van der Waals surface area contributed by atoms with E-state index in [2.05, 4.69) is 27.2 Å². The summed E-state index contributed by atoms with van der Waals surface area (Å²) in [6.45, 7) is 7.31. The summed E-state index contributed by atoms with van der Waals surface area (Å²) in [5, 5.41) is 12.7. The SMILES string of the molecule is CCc1ccc(C(=O)N2CCN(Cc3nnc(-c4c(-c5ccccc5)noc4C)o3)CC2)cc1. The number of amides is 1. The van der Waals surface area contributed by atoms with Gasteiger partial charge < -0.3 is 13.8 Å². The summed E-state index contributed by atoms with van der Waals surface area (Å²) in [5.41, 5.74) is 4.31. The number of carbonyl (C=O) groups excluding carboxylic acids is 1. The van der Waals surface area contributed by atoms with Gasteiger partial charge >= 0.3 is 0 Å². The molecule has 1 saturated heterocycles. The van der Waals surface area contributed by atoms with Crippen LogP contribution >= 0.6 is 0 Å². The van der Waals surface area contributed by atoms with Crippen LogP contribution < -0.4 is 0 Å². The fraction of sp³-hybridized carbons (Fsp3) is 0.308. The van der Waals surface area contributed by atoms with Gasteiger partial charge in [0.2, 0.25) is 5.89 Å². The van der Waals surface area contributed by atoms with Crippen molar-refractivity contribution in [3.05, 3.63) is 77.4 Å². The third-order valence-electron chi connectivity index (χ3n) is 6.22. The van der Waals surface area contributed by atoms with E-state index in [-0.39, 0.29) is 5.91 Å². The summed E-state index contributed by atoms with van der Waals surface area (Å²) in [4.78, 5) is 17.0. The Kier molecular flexibility index (Phi) is 6.22. The second-order valence-corrected chi connectivity index (χ2v) is 8.45. The van der Waals surface area contributed by atoms with Gasteiger partial charge in [-0.15, -0.1) is 10.2 Å². The number of rotatable bonds is 6. The molecular weight excluding hydrogens is 430 g/mol. The predicted octanol–water partition coefficient (Wildman–Crippen LogP) is 4.22. The van der Waals surface area contributed by atoms with E-state index in [1.165, 1.54) is 5.56 Å². The standard InChI is InChI=1S/C26H27N5O3/c1-3-19-9-11-21(12-10-19)26(32)31-15-13-30(14-16-31)17-22-27-28-25(33-22)23-18(2)34-29-24(23)20-7-5-4-6-8-20/h4-12H,3,13-17H2,1-2H3. The number of aryl methyl sites for hydroxylation is 2. The molecule has 0 bridgehead atoms. The number of carbonyl (C=O) groups is 1. The lowest BCUT2D eigenvalue weighted by molar-refractivity contribution is 0.0618. The molecule has 3 heterocycles. The second kappa shape index (κ2) is 9.61. The average Bonchev–Trinajstić information content (AvgIpc) is 3.50. The molecule has 8 heteroatoms. The first-order chi connectivity index (χ1) is 16.6. The van der Waals surface area contributed by atoms with E-state index >= 15 is 0 Å². The molecule has 0 N–H and O–H groups in total. The Balaban J connectivity index is 1.22. The van der Waals surface area contributed by atoms with Gasteiger partial charge in [-0.25, -0.2) is 0 Å². The largest absolute Gasteiger partial charge is 0.419 e. The minimum Gasteiger partial charge on any atom is -0.419 e. The van der Waals surface area contributed by atoms with Gasteiger partial charge in [-0.05, 0) is 31.0 Å². The highest BCUT2D eigenvalue weighted by molar-refractivity contribution is 5.94. The maximum absolute atomic E-state index is 12.8. The van der Waals surface area contributed by atoms with E-state index < -0.39 is 0 Å². The molecule has 2 aromatic carbocycles. The van der Waals surface area contributed by atoms with Gasteiger partial charge in [0.25, 0.3) is 11.8 Å². The number of hydrogen-bond donors (Lipinski definition) is 0. The summed E-state index contributed by atoms with van der Waals surface area (Å²) in [6, 6.07) is 17.7. The van der Waals surface area contributed by atoms with Crippen LogP contribution in [0.1, 0.15) is 34.5 Å². The highest BCUT2D eigenvalue weighted by Crippen LogP contribution is 2.33. The Morgan fingerprint density at radius 2 is 1.71 bits per heavy atom. The summed E-state index contributed by atoms with van der Waals surface area (Å²) < 4.78 is 11.4. The second-order valence-electron chi connectivity index (χ2n) is 8.45. The molecular formula is C26H27N5O3. The van der Waals surface area contributed by atoms with Crippen molar-refractivity contribution in [3.8, 4) is 22.7 Å². The van der Waals surface area contributed by atoms with Crippen LogP contribution in [0.4, 0.5) is 0 Å². The first kappa shape index (κ1) is 22.0. The normalized spacial score (nSPS) is 14.5. The van der Waals surface area contributed by atoms with E-state index in [0.717, 1.165) is 36.2 Å². The van der Waals surface area contributed by atoms with Crippen molar-refractivity contribution in [1.82, 2.24) is 25.2 Å². The summed E-state index contributed by atoms with van der Waals surface area (Å²) in [6.07, 6.45) is 0.967. The number of piperazine rings is 1. The molecule has 1 fully saturated rings. The summed E-state index contributed by atoms with van der Waals surface area (Å²) in [7, 11) is 0. The van der Waals surface area contributed by atoms with Gasteiger partial charge in [0.05, 0.1) is 6.54 Å². The van der Waals surface area contributed by atoms with Crippen LogP contribution in [0.3, 0.4) is 0 Å². The van der Waals surface area contributed by atoms with Crippen molar-refractivity contribution in [3.63, 3.8) is 0 Å². The van der Waals surface area contributed by atoms with Gasteiger partial charge in [0, 0.05) is 37.3 Å². The highest BCUT2D eigenvalue weighted by atomic mass is 16.5. The van der Waals surface area contributed by atoms with E-state index in [1.54, 1.807) is 0 Å². The minimum absolute atomic E-state index is 0.0822. The molecule has 0 unspecified atom stereocenters. The zero-order valence-corrected chi connectivity index (χ0v) is 19.4. The van der Waals surface area contributed by atoms with Crippen molar-refractivity contribution in [2.45, 2.75) is 26.8 Å². The maximum Gasteiger partial charge on any atom is 0.253 e. The van der Waals surface area contributed by atoms with Gasteiger partial charge in [0.15, 0.2) is 0 Å². The maximum atomic E-state index is 12.8. The van der Waals surface area contributed by atoms with Gasteiger partial charge in [0.1, 0.15) is 17.0 Å². The molecule has 4 aromatic rings. The molecule has 2 aromatic heterocycles. The zero-order valence-electron chi connectivity index (χ0n) is 19.4. The molecule has 0 aliphatic carbocycles. The van der Waals surface area contributed by atoms with E-state index in [9.17, 15) is 4.79 Å². The van der Waals surface area contributed by atoms with Crippen molar-refractivity contribution in [2.24, 2.45) is 0 Å². The molecule has 174 valence electrons. The van der Waals surface area contributed by atoms with Crippen LogP contribution in [0.5, 0.6) is 0 Å². The summed E-state index contributed by atoms with van der Waals surface area (Å²) in [5.74, 6) is 1.65. The predicted molar refractivity (Wildman–Crippen MR) is 127 cm³/mol. The van der Waals surface area contributed by atoms with Gasteiger partial charge in [-0.3, -0.25) is 9.69 Å². The van der Waals surface area contributed by atoms with Crippen LogP contribution in [0, 0.1) is 6.92 Å². The molecule has 1 amide bonds. The average molecular weight is 458 g/mol. The lowest BCUT2D eigenvalue weighted by Gasteiger charge is -2.34. The molecule has 0 radical (unpaired) electrons. The lowest BCUT2D eigenvalue weighted by atomic mass is 10.1. The Morgan fingerprint density at radius 1 is 0.971 bits per heavy atom. The van der Waals surface area contributed by atoms with Crippen LogP contribution in [0.2, 0.25) is 0 Å². The van der Waals surface area contributed by atoms with E-state index in [0.29, 0.717) is 42.9 Å². The van der Waals surface area contributed by atoms with Gasteiger partial charge in [-0.1, -0.05) is 54.5 Å². The van der Waals surface area contributed by atoms with Crippen LogP contribution in [-0.4, -0.2) is 57.2 Å². The molecule has 0 saturated carbocycles. The Labute approximate surface area is 198 Å². The molecule has 8 nitrogen and oxygen atoms in total. The third kappa shape index (κ3) is 4.49. The van der Waals surface area contributed by atoms with Crippen LogP contribution in [0.15, 0.2) is 63.5 Å². The van der Waals surface area contributed by atoms with Gasteiger partial charge in [-0.2, -0.15) is 0 Å². The fourth-order valence-electron chi connectivity index (χ4n) is 4.20. The minimum atomic E-state index is 0.0822. The number of hydrogen-bond acceptors (Lipinski definition) is 7. The first-order valence-electron chi connectivity index (χ1n) is 11.6. The molecule has 34 heavy (non-hydrogen) atoms. The van der Waals surface area contributed by atoms with Crippen LogP contribution in [0.25, 0.3) is 22.7 Å². The summed E-state index contributed by atoms with van der Waals surface area (Å²) >= 11 is 0. The van der Waals surface area contributed by atoms with E-state index in [4.69, 9.17) is 8.94 Å². The topological polar surface area (TPSA) is 88.5 Å². The van der Waals surface area contributed by atoms with Crippen molar-refractivity contribution in [2.75, 3.05) is 26.2 Å². The molecule has 0 spiro atoms. The Hall–Kier alpha value is -3.78. The van der Waals surface area contributed by atoms with E-state index in [1.807, 2.05) is 66.4 Å².